The van der Waals surface area contributed by atoms with Crippen LogP contribution in [0.1, 0.15) is 24.7 Å². The van der Waals surface area contributed by atoms with Gasteiger partial charge in [0.2, 0.25) is 0 Å². The Bertz CT molecular complexity index is 706. The zero-order valence-electron chi connectivity index (χ0n) is 13.7. The molecule has 0 atom stereocenters. The maximum absolute atomic E-state index is 10.7. The van der Waals surface area contributed by atoms with Gasteiger partial charge in [-0.2, -0.15) is 0 Å². The lowest BCUT2D eigenvalue weighted by molar-refractivity contribution is -0.133. The molecule has 0 spiro atoms. The molecule has 6 nitrogen and oxygen atoms in total. The number of thioether (sulfide) groups is 1. The summed E-state index contributed by atoms with van der Waals surface area (Å²) in [7, 11) is 0. The first-order valence-electron chi connectivity index (χ1n) is 7.67. The van der Waals surface area contributed by atoms with Crippen LogP contribution >= 0.6 is 27.7 Å². The van der Waals surface area contributed by atoms with E-state index in [4.69, 9.17) is 9.84 Å². The van der Waals surface area contributed by atoms with E-state index >= 15 is 0 Å². The maximum atomic E-state index is 10.7. The highest BCUT2D eigenvalue weighted by atomic mass is 79.9. The van der Waals surface area contributed by atoms with Crippen LogP contribution in [0, 0.1) is 6.92 Å². The molecule has 0 fully saturated rings. The Morgan fingerprint density at radius 2 is 2.21 bits per heavy atom. The molecular weight excluding hydrogens is 394 g/mol. The number of halogens is 1. The van der Waals surface area contributed by atoms with Gasteiger partial charge in [0.05, 0.1) is 16.8 Å². The third-order valence-electron chi connectivity index (χ3n) is 3.32. The minimum absolute atomic E-state index is 0.0112. The number of aryl methyl sites for hydroxylation is 2. The molecule has 0 aliphatic carbocycles. The molecule has 2 rings (SSSR count). The number of aromatic nitrogens is 3. The summed E-state index contributed by atoms with van der Waals surface area (Å²) in [4.78, 5) is 10.7. The summed E-state index contributed by atoms with van der Waals surface area (Å²) < 4.78 is 8.69. The first-order chi connectivity index (χ1) is 11.5. The Morgan fingerprint density at radius 1 is 1.42 bits per heavy atom. The topological polar surface area (TPSA) is 77.2 Å². The van der Waals surface area contributed by atoms with Crippen molar-refractivity contribution >= 4 is 33.7 Å². The molecular formula is C16H20BrN3O3S. The van der Waals surface area contributed by atoms with Gasteiger partial charge in [0.15, 0.2) is 5.16 Å². The number of hydrogen-bond donors (Lipinski definition) is 1. The summed E-state index contributed by atoms with van der Waals surface area (Å²) in [5.41, 5.74) is 1.18. The lowest BCUT2D eigenvalue weighted by Gasteiger charge is -2.09. The van der Waals surface area contributed by atoms with E-state index in [0.29, 0.717) is 18.3 Å². The second-order valence-electron chi connectivity index (χ2n) is 5.21. The van der Waals surface area contributed by atoms with E-state index in [1.54, 1.807) is 0 Å². The first-order valence-corrected chi connectivity index (χ1v) is 9.44. The number of carbonyl (C=O) groups is 1. The summed E-state index contributed by atoms with van der Waals surface area (Å²) in [5, 5.41) is 17.7. The van der Waals surface area contributed by atoms with E-state index in [-0.39, 0.29) is 5.75 Å². The van der Waals surface area contributed by atoms with Crippen molar-refractivity contribution in [3.05, 3.63) is 34.1 Å². The number of hydrogen-bond acceptors (Lipinski definition) is 5. The van der Waals surface area contributed by atoms with E-state index < -0.39 is 5.97 Å². The second kappa shape index (κ2) is 9.08. The van der Waals surface area contributed by atoms with Crippen molar-refractivity contribution in [2.45, 2.75) is 38.4 Å². The van der Waals surface area contributed by atoms with Crippen molar-refractivity contribution in [2.75, 3.05) is 12.4 Å². The predicted molar refractivity (Wildman–Crippen MR) is 96.8 cm³/mol. The number of aliphatic carboxylic acids is 1. The van der Waals surface area contributed by atoms with Crippen LogP contribution in [0.5, 0.6) is 5.75 Å². The Hall–Kier alpha value is -1.54. The van der Waals surface area contributed by atoms with Crippen LogP contribution in [0.15, 0.2) is 27.8 Å². The number of rotatable bonds is 9. The molecule has 0 radical (unpaired) electrons. The summed E-state index contributed by atoms with van der Waals surface area (Å²) in [6, 6.07) is 5.99. The molecule has 1 heterocycles. The molecule has 0 unspecified atom stereocenters. The van der Waals surface area contributed by atoms with Crippen LogP contribution in [-0.2, 0) is 17.8 Å². The highest BCUT2D eigenvalue weighted by Crippen LogP contribution is 2.26. The molecule has 0 amide bonds. The van der Waals surface area contributed by atoms with Crippen LogP contribution in [0.3, 0.4) is 0 Å². The number of carboxylic acids is 1. The number of carboxylic acid groups (broad SMARTS) is 1. The lowest BCUT2D eigenvalue weighted by atomic mass is 10.2. The monoisotopic (exact) mass is 413 g/mol. The quantitative estimate of drug-likeness (QED) is 0.500. The van der Waals surface area contributed by atoms with Crippen molar-refractivity contribution in [2.24, 2.45) is 0 Å². The molecule has 8 heteroatoms. The van der Waals surface area contributed by atoms with Gasteiger partial charge < -0.3 is 14.4 Å². The summed E-state index contributed by atoms with van der Waals surface area (Å²) >= 11 is 4.69. The van der Waals surface area contributed by atoms with Gasteiger partial charge in [-0.3, -0.25) is 4.79 Å². The van der Waals surface area contributed by atoms with Crippen molar-refractivity contribution in [1.82, 2.24) is 14.8 Å². The highest BCUT2D eigenvalue weighted by molar-refractivity contribution is 9.10. The second-order valence-corrected chi connectivity index (χ2v) is 7.01. The fourth-order valence-corrected chi connectivity index (χ4v) is 3.54. The predicted octanol–water partition coefficient (Wildman–Crippen LogP) is 3.56. The lowest BCUT2D eigenvalue weighted by Crippen LogP contribution is -2.07. The maximum Gasteiger partial charge on any atom is 0.313 e. The molecule has 1 N–H and O–H groups in total. The summed E-state index contributed by atoms with van der Waals surface area (Å²) in [5.74, 6) is 0.819. The largest absolute Gasteiger partial charge is 0.492 e. The SMILES string of the molecule is CCn1c(CCCOc2ccc(C)cc2Br)nnc1SCC(=O)O. The molecule has 0 aliphatic rings. The fraction of sp³-hybridized carbons (Fsp3) is 0.438. The molecule has 1 aromatic heterocycles. The van der Waals surface area contributed by atoms with Gasteiger partial charge in [0.25, 0.3) is 0 Å². The molecule has 24 heavy (non-hydrogen) atoms. The Labute approximate surface area is 153 Å². The Morgan fingerprint density at radius 3 is 2.88 bits per heavy atom. The molecule has 2 aromatic rings. The molecule has 0 bridgehead atoms. The normalized spacial score (nSPS) is 10.8. The van der Waals surface area contributed by atoms with Gasteiger partial charge in [-0.25, -0.2) is 0 Å². The van der Waals surface area contributed by atoms with Gasteiger partial charge >= 0.3 is 5.97 Å². The minimum atomic E-state index is -0.857. The van der Waals surface area contributed by atoms with E-state index in [2.05, 4.69) is 26.1 Å². The van der Waals surface area contributed by atoms with Gasteiger partial charge in [-0.05, 0) is 53.9 Å². The van der Waals surface area contributed by atoms with Gasteiger partial charge in [-0.1, -0.05) is 17.8 Å². The standard InChI is InChI=1S/C16H20BrN3O3S/c1-3-20-14(18-19-16(20)24-10-15(21)22)5-4-8-23-13-7-6-11(2)9-12(13)17/h6-7,9H,3-5,8,10H2,1-2H3,(H,21,22). The number of benzene rings is 1. The van der Waals surface area contributed by atoms with Crippen molar-refractivity contribution in [3.8, 4) is 5.75 Å². The molecule has 0 saturated heterocycles. The van der Waals surface area contributed by atoms with Gasteiger partial charge in [0, 0.05) is 13.0 Å². The van der Waals surface area contributed by atoms with Crippen molar-refractivity contribution in [3.63, 3.8) is 0 Å². The molecule has 130 valence electrons. The van der Waals surface area contributed by atoms with E-state index in [1.807, 2.05) is 36.6 Å². The van der Waals surface area contributed by atoms with Crippen molar-refractivity contribution < 1.29 is 14.6 Å². The Kier molecular flexibility index (Phi) is 7.11. The first kappa shape index (κ1) is 18.8. The van der Waals surface area contributed by atoms with E-state index in [0.717, 1.165) is 28.9 Å². The van der Waals surface area contributed by atoms with Crippen LogP contribution in [0.4, 0.5) is 0 Å². The van der Waals surface area contributed by atoms with Crippen LogP contribution in [-0.4, -0.2) is 38.2 Å². The zero-order valence-corrected chi connectivity index (χ0v) is 16.1. The third kappa shape index (κ3) is 5.24. The molecule has 0 saturated carbocycles. The number of ether oxygens (including phenoxy) is 1. The minimum Gasteiger partial charge on any atom is -0.492 e. The smallest absolute Gasteiger partial charge is 0.313 e. The van der Waals surface area contributed by atoms with Crippen molar-refractivity contribution in [1.29, 1.82) is 0 Å². The summed E-state index contributed by atoms with van der Waals surface area (Å²) in [6.45, 7) is 5.33. The van der Waals surface area contributed by atoms with Gasteiger partial charge in [-0.15, -0.1) is 10.2 Å². The molecule has 1 aromatic carbocycles. The average Bonchev–Trinajstić information content (AvgIpc) is 2.93. The van der Waals surface area contributed by atoms with Crippen LogP contribution < -0.4 is 4.74 Å². The van der Waals surface area contributed by atoms with Crippen LogP contribution in [0.25, 0.3) is 0 Å². The zero-order chi connectivity index (χ0) is 17.5. The number of nitrogens with zero attached hydrogens (tertiary/aromatic N) is 3. The average molecular weight is 414 g/mol. The van der Waals surface area contributed by atoms with E-state index in [9.17, 15) is 4.79 Å². The van der Waals surface area contributed by atoms with E-state index in [1.165, 1.54) is 17.3 Å². The van der Waals surface area contributed by atoms with Crippen LogP contribution in [0.2, 0.25) is 0 Å². The third-order valence-corrected chi connectivity index (χ3v) is 4.90. The fourth-order valence-electron chi connectivity index (χ4n) is 2.19. The summed E-state index contributed by atoms with van der Waals surface area (Å²) in [6.07, 6.45) is 1.54. The highest BCUT2D eigenvalue weighted by Gasteiger charge is 2.12. The van der Waals surface area contributed by atoms with Gasteiger partial charge in [0.1, 0.15) is 11.6 Å². The molecule has 0 aliphatic heterocycles. The Balaban J connectivity index is 1.86.